The minimum absolute atomic E-state index is 0.0631. The van der Waals surface area contributed by atoms with E-state index >= 15 is 0 Å². The van der Waals surface area contributed by atoms with Gasteiger partial charge in [0.25, 0.3) is 5.91 Å². The average molecular weight is 417 g/mol. The van der Waals surface area contributed by atoms with Gasteiger partial charge in [0.15, 0.2) is 0 Å². The summed E-state index contributed by atoms with van der Waals surface area (Å²) >= 11 is 0. The van der Waals surface area contributed by atoms with Crippen molar-refractivity contribution in [3.05, 3.63) is 34.4 Å². The summed E-state index contributed by atoms with van der Waals surface area (Å²) in [5, 5.41) is 2.81. The number of nitrogens with one attached hydrogen (secondary N) is 1. The third-order valence-electron chi connectivity index (χ3n) is 7.55. The van der Waals surface area contributed by atoms with Crippen LogP contribution in [0.15, 0.2) is 12.1 Å². The first-order valence-corrected chi connectivity index (χ1v) is 12.3. The Morgan fingerprint density at radius 2 is 1.57 bits per heavy atom. The molecule has 0 radical (unpaired) electrons. The summed E-state index contributed by atoms with van der Waals surface area (Å²) in [6.45, 7) is 16.5. The lowest BCUT2D eigenvalue weighted by Crippen LogP contribution is -2.37. The Hall–Kier alpha value is -1.35. The van der Waals surface area contributed by atoms with Crippen molar-refractivity contribution in [1.29, 1.82) is 0 Å². The molecule has 0 aromatic heterocycles. The highest BCUT2D eigenvalue weighted by molar-refractivity contribution is 5.98. The van der Waals surface area contributed by atoms with Gasteiger partial charge in [-0.25, -0.2) is 0 Å². The molecule has 1 amide bonds. The Morgan fingerprint density at radius 3 is 2.20 bits per heavy atom. The fourth-order valence-electron chi connectivity index (χ4n) is 5.40. The van der Waals surface area contributed by atoms with Crippen LogP contribution in [-0.4, -0.2) is 13.0 Å². The van der Waals surface area contributed by atoms with Gasteiger partial charge in [-0.05, 0) is 86.1 Å². The number of nitrogens with two attached hydrogens (primary N) is 1. The second kappa shape index (κ2) is 13.1. The van der Waals surface area contributed by atoms with Crippen molar-refractivity contribution in [3.63, 3.8) is 0 Å². The van der Waals surface area contributed by atoms with Crippen molar-refractivity contribution < 1.29 is 4.79 Å². The van der Waals surface area contributed by atoms with Crippen LogP contribution in [0.3, 0.4) is 0 Å². The first-order chi connectivity index (χ1) is 14.3. The second-order valence-electron chi connectivity index (χ2n) is 9.57. The van der Waals surface area contributed by atoms with Crippen LogP contribution < -0.4 is 11.1 Å². The molecule has 0 saturated heterocycles. The third-order valence-corrected chi connectivity index (χ3v) is 7.55. The zero-order valence-electron chi connectivity index (χ0n) is 21.0. The summed E-state index contributed by atoms with van der Waals surface area (Å²) in [5.74, 6) is 5.24. The van der Waals surface area contributed by atoms with Crippen molar-refractivity contribution in [2.45, 2.75) is 93.5 Å². The van der Waals surface area contributed by atoms with E-state index in [1.807, 2.05) is 12.1 Å². The van der Waals surface area contributed by atoms with Crippen molar-refractivity contribution in [2.75, 3.05) is 7.05 Å². The van der Waals surface area contributed by atoms with E-state index in [4.69, 9.17) is 0 Å². The third kappa shape index (κ3) is 6.57. The minimum atomic E-state index is 0.0631. The minimum Gasteiger partial charge on any atom is -0.348 e. The van der Waals surface area contributed by atoms with Crippen LogP contribution in [0.4, 0.5) is 0 Å². The molecule has 2 fully saturated rings. The molecule has 5 unspecified atom stereocenters. The molecule has 3 aliphatic rings. The fourth-order valence-corrected chi connectivity index (χ4v) is 5.40. The standard InChI is InChI=1S/C13H24.C10H11NO.C3H8.CH5N/c1-9-7-8-12-10(2)5-4-6-13(12)11(9)3;1-6-3-4-8-9(7(6)2)5-11-10(8)12;1-3-2;1-2/h9-13H,4-8H2,1-3H3;3-4H,5H2,1-2H3,(H,11,12);3H2,1-2H3;2H2,1H3. The van der Waals surface area contributed by atoms with Gasteiger partial charge in [-0.15, -0.1) is 0 Å². The number of hydrogen-bond acceptors (Lipinski definition) is 2. The molecule has 3 nitrogen and oxygen atoms in total. The van der Waals surface area contributed by atoms with Crippen LogP contribution in [0.5, 0.6) is 0 Å². The first-order valence-electron chi connectivity index (χ1n) is 12.3. The largest absolute Gasteiger partial charge is 0.348 e. The van der Waals surface area contributed by atoms with Gasteiger partial charge >= 0.3 is 0 Å². The molecule has 1 aromatic carbocycles. The molecule has 3 N–H and O–H groups in total. The van der Waals surface area contributed by atoms with E-state index in [-0.39, 0.29) is 5.91 Å². The van der Waals surface area contributed by atoms with E-state index in [2.05, 4.69) is 59.5 Å². The molecule has 30 heavy (non-hydrogen) atoms. The van der Waals surface area contributed by atoms with Crippen molar-refractivity contribution in [3.8, 4) is 0 Å². The van der Waals surface area contributed by atoms with E-state index in [0.717, 1.165) is 35.2 Å². The van der Waals surface area contributed by atoms with E-state index < -0.39 is 0 Å². The lowest BCUT2D eigenvalue weighted by molar-refractivity contribution is 0.0379. The molecule has 1 aliphatic heterocycles. The van der Waals surface area contributed by atoms with Gasteiger partial charge < -0.3 is 11.1 Å². The number of carbonyl (C=O) groups is 1. The molecule has 2 saturated carbocycles. The van der Waals surface area contributed by atoms with Gasteiger partial charge in [0.2, 0.25) is 0 Å². The van der Waals surface area contributed by atoms with E-state index in [1.165, 1.54) is 62.3 Å². The molecule has 5 atom stereocenters. The summed E-state index contributed by atoms with van der Waals surface area (Å²) < 4.78 is 0. The van der Waals surface area contributed by atoms with E-state index in [0.29, 0.717) is 6.54 Å². The summed E-state index contributed by atoms with van der Waals surface area (Å²) in [6.07, 6.45) is 8.80. The van der Waals surface area contributed by atoms with Gasteiger partial charge in [-0.2, -0.15) is 0 Å². The summed E-state index contributed by atoms with van der Waals surface area (Å²) in [4.78, 5) is 11.2. The molecule has 0 spiro atoms. The maximum Gasteiger partial charge on any atom is 0.251 e. The monoisotopic (exact) mass is 416 g/mol. The number of amides is 1. The van der Waals surface area contributed by atoms with E-state index in [9.17, 15) is 4.79 Å². The molecule has 4 rings (SSSR count). The predicted molar refractivity (Wildman–Crippen MR) is 131 cm³/mol. The summed E-state index contributed by atoms with van der Waals surface area (Å²) in [6, 6.07) is 3.90. The number of benzene rings is 1. The lowest BCUT2D eigenvalue weighted by Gasteiger charge is -2.46. The van der Waals surface area contributed by atoms with Crippen LogP contribution >= 0.6 is 0 Å². The van der Waals surface area contributed by atoms with Gasteiger partial charge in [0.1, 0.15) is 0 Å². The molecule has 172 valence electrons. The molecule has 1 aromatic rings. The van der Waals surface area contributed by atoms with Crippen molar-refractivity contribution >= 4 is 5.91 Å². The SMILES string of the molecule is CC1CCC2C(C)CCCC2C1C.CCC.CN.Cc1ccc2c(c1C)CNC2=O. The van der Waals surface area contributed by atoms with Crippen molar-refractivity contribution in [2.24, 2.45) is 35.3 Å². The fraction of sp³-hybridized carbons (Fsp3) is 0.741. The maximum absolute atomic E-state index is 11.2. The second-order valence-corrected chi connectivity index (χ2v) is 9.57. The Bertz CT molecular complexity index is 655. The van der Waals surface area contributed by atoms with Gasteiger partial charge in [0, 0.05) is 12.1 Å². The first kappa shape index (κ1) is 26.7. The van der Waals surface area contributed by atoms with Crippen LogP contribution in [0, 0.1) is 43.4 Å². The zero-order chi connectivity index (χ0) is 22.8. The number of carbonyl (C=O) groups excluding carboxylic acids is 1. The Kier molecular flexibility index (Phi) is 11.7. The van der Waals surface area contributed by atoms with Gasteiger partial charge in [0.05, 0.1) is 0 Å². The number of hydrogen-bond donors (Lipinski definition) is 2. The smallest absolute Gasteiger partial charge is 0.251 e. The van der Waals surface area contributed by atoms with Gasteiger partial charge in [-0.3, -0.25) is 4.79 Å². The summed E-state index contributed by atoms with van der Waals surface area (Å²) in [7, 11) is 1.50. The molecule has 0 bridgehead atoms. The Morgan fingerprint density at radius 1 is 0.933 bits per heavy atom. The van der Waals surface area contributed by atoms with Crippen LogP contribution in [0.25, 0.3) is 0 Å². The maximum atomic E-state index is 11.2. The normalized spacial score (nSPS) is 28.8. The topological polar surface area (TPSA) is 55.1 Å². The van der Waals surface area contributed by atoms with Crippen LogP contribution in [-0.2, 0) is 6.54 Å². The molecule has 2 aliphatic carbocycles. The Balaban J connectivity index is 0.000000248. The molecular formula is C27H48N2O. The van der Waals surface area contributed by atoms with E-state index in [1.54, 1.807) is 0 Å². The zero-order valence-corrected chi connectivity index (χ0v) is 21.0. The number of aryl methyl sites for hydroxylation is 1. The number of fused-ring (bicyclic) bond motifs is 2. The quantitative estimate of drug-likeness (QED) is 0.498. The Labute approximate surface area is 186 Å². The highest BCUT2D eigenvalue weighted by Gasteiger charge is 2.38. The van der Waals surface area contributed by atoms with Crippen LogP contribution in [0.1, 0.15) is 100 Å². The van der Waals surface area contributed by atoms with Gasteiger partial charge in [-0.1, -0.05) is 66.4 Å². The van der Waals surface area contributed by atoms with Crippen molar-refractivity contribution in [1.82, 2.24) is 5.32 Å². The molecule has 1 heterocycles. The summed E-state index contributed by atoms with van der Waals surface area (Å²) in [5.41, 5.74) is 9.01. The molecular weight excluding hydrogens is 368 g/mol. The highest BCUT2D eigenvalue weighted by Crippen LogP contribution is 2.48. The predicted octanol–water partition coefficient (Wildman–Crippen LogP) is 6.64. The lowest BCUT2D eigenvalue weighted by atomic mass is 9.59. The highest BCUT2D eigenvalue weighted by atomic mass is 16.1. The average Bonchev–Trinajstić information content (AvgIpc) is 3.12. The molecule has 3 heteroatoms. The van der Waals surface area contributed by atoms with Crippen LogP contribution in [0.2, 0.25) is 0 Å². The number of rotatable bonds is 0.